The van der Waals surface area contributed by atoms with Gasteiger partial charge in [-0.1, -0.05) is 34.6 Å². The Kier molecular flexibility index (Phi) is 6.48. The van der Waals surface area contributed by atoms with Crippen LogP contribution in [0.15, 0.2) is 0 Å². The van der Waals surface area contributed by atoms with Crippen molar-refractivity contribution in [3.63, 3.8) is 0 Å². The second-order valence-electron chi connectivity index (χ2n) is 6.62. The fraction of sp³-hybridized carbons (Fsp3) is 0.812. The van der Waals surface area contributed by atoms with E-state index >= 15 is 0 Å². The first-order chi connectivity index (χ1) is 9.93. The molecule has 1 saturated heterocycles. The average Bonchev–Trinajstić information content (AvgIpc) is 2.83. The summed E-state index contributed by atoms with van der Waals surface area (Å²) in [4.78, 5) is 6.52. The zero-order valence-electron chi connectivity index (χ0n) is 13.9. The largest absolute Gasteiger partial charge is 0.312 e. The molecule has 0 aliphatic carbocycles. The van der Waals surface area contributed by atoms with E-state index in [1.807, 2.05) is 11.3 Å². The SMILES string of the molecule is CCCNCc1sc(C2SCCSC2C)nc1C(C)(C)C. The van der Waals surface area contributed by atoms with Crippen molar-refractivity contribution in [3.8, 4) is 0 Å². The van der Waals surface area contributed by atoms with Gasteiger partial charge in [0.25, 0.3) is 0 Å². The highest BCUT2D eigenvalue weighted by Crippen LogP contribution is 2.45. The van der Waals surface area contributed by atoms with Crippen molar-refractivity contribution in [1.82, 2.24) is 10.3 Å². The molecule has 0 amide bonds. The Hall–Kier alpha value is 0.290. The van der Waals surface area contributed by atoms with Crippen molar-refractivity contribution in [2.45, 2.75) is 63.5 Å². The van der Waals surface area contributed by atoms with Crippen LogP contribution in [-0.2, 0) is 12.0 Å². The van der Waals surface area contributed by atoms with Gasteiger partial charge in [0, 0.05) is 33.6 Å². The number of nitrogens with zero attached hydrogens (tertiary/aromatic N) is 1. The van der Waals surface area contributed by atoms with Crippen LogP contribution < -0.4 is 5.32 Å². The fourth-order valence-corrected chi connectivity index (χ4v) is 6.88. The molecule has 0 spiro atoms. The van der Waals surface area contributed by atoms with E-state index in [0.29, 0.717) is 10.5 Å². The number of thiazole rings is 1. The molecule has 0 aromatic carbocycles. The van der Waals surface area contributed by atoms with Crippen molar-refractivity contribution in [2.75, 3.05) is 18.1 Å². The van der Waals surface area contributed by atoms with Crippen molar-refractivity contribution in [2.24, 2.45) is 0 Å². The van der Waals surface area contributed by atoms with Gasteiger partial charge in [0.05, 0.1) is 10.9 Å². The Morgan fingerprint density at radius 3 is 2.57 bits per heavy atom. The molecule has 2 nitrogen and oxygen atoms in total. The van der Waals surface area contributed by atoms with Gasteiger partial charge in [-0.2, -0.15) is 11.8 Å². The second-order valence-corrected chi connectivity index (χ2v) is 10.5. The van der Waals surface area contributed by atoms with Gasteiger partial charge in [0.2, 0.25) is 0 Å². The minimum atomic E-state index is 0.133. The van der Waals surface area contributed by atoms with Gasteiger partial charge in [-0.15, -0.1) is 23.1 Å². The summed E-state index contributed by atoms with van der Waals surface area (Å²) in [5, 5.41) is 6.15. The highest BCUT2D eigenvalue weighted by Gasteiger charge is 2.30. The van der Waals surface area contributed by atoms with Gasteiger partial charge in [0.1, 0.15) is 5.01 Å². The van der Waals surface area contributed by atoms with Gasteiger partial charge >= 0.3 is 0 Å². The molecule has 120 valence electrons. The number of hydrogen-bond donors (Lipinski definition) is 1. The fourth-order valence-electron chi connectivity index (χ4n) is 2.48. The molecule has 5 heteroatoms. The third-order valence-electron chi connectivity index (χ3n) is 3.57. The highest BCUT2D eigenvalue weighted by molar-refractivity contribution is 8.06. The lowest BCUT2D eigenvalue weighted by Gasteiger charge is -2.26. The Morgan fingerprint density at radius 1 is 1.24 bits per heavy atom. The number of nitrogens with one attached hydrogen (secondary N) is 1. The van der Waals surface area contributed by atoms with Crippen LogP contribution in [0.2, 0.25) is 0 Å². The normalized spacial score (nSPS) is 23.5. The number of rotatable bonds is 5. The lowest BCUT2D eigenvalue weighted by Crippen LogP contribution is -2.19. The molecular weight excluding hydrogens is 316 g/mol. The van der Waals surface area contributed by atoms with E-state index in [-0.39, 0.29) is 5.41 Å². The van der Waals surface area contributed by atoms with Crippen LogP contribution in [-0.4, -0.2) is 28.3 Å². The minimum absolute atomic E-state index is 0.133. The van der Waals surface area contributed by atoms with Crippen LogP contribution in [0.25, 0.3) is 0 Å². The predicted octanol–water partition coefficient (Wildman–Crippen LogP) is 4.85. The summed E-state index contributed by atoms with van der Waals surface area (Å²) in [6.45, 7) is 13.5. The summed E-state index contributed by atoms with van der Waals surface area (Å²) in [5.41, 5.74) is 1.43. The molecule has 1 aromatic heterocycles. The van der Waals surface area contributed by atoms with Crippen LogP contribution >= 0.6 is 34.9 Å². The third-order valence-corrected chi connectivity index (χ3v) is 7.95. The van der Waals surface area contributed by atoms with E-state index in [2.05, 4.69) is 63.5 Å². The Balaban J connectivity index is 2.22. The van der Waals surface area contributed by atoms with Gasteiger partial charge in [0.15, 0.2) is 0 Å². The number of thioether (sulfide) groups is 2. The molecular formula is C16H28N2S3. The Labute approximate surface area is 142 Å². The quantitative estimate of drug-likeness (QED) is 0.772. The van der Waals surface area contributed by atoms with Gasteiger partial charge in [-0.25, -0.2) is 4.98 Å². The lowest BCUT2D eigenvalue weighted by molar-refractivity contribution is 0.557. The van der Waals surface area contributed by atoms with Gasteiger partial charge in [-0.3, -0.25) is 0 Å². The second kappa shape index (κ2) is 7.71. The molecule has 0 bridgehead atoms. The molecule has 2 atom stereocenters. The van der Waals surface area contributed by atoms with Crippen LogP contribution in [0.4, 0.5) is 0 Å². The standard InChI is InChI=1S/C16H28N2S3/c1-6-7-17-10-12-14(16(3,4)5)18-15(21-12)13-11(2)19-8-9-20-13/h11,13,17H,6-10H2,1-5H3. The summed E-state index contributed by atoms with van der Waals surface area (Å²) in [6.07, 6.45) is 1.18. The molecule has 0 saturated carbocycles. The van der Waals surface area contributed by atoms with E-state index < -0.39 is 0 Å². The highest BCUT2D eigenvalue weighted by atomic mass is 32.2. The molecule has 1 aromatic rings. The van der Waals surface area contributed by atoms with E-state index in [1.165, 1.54) is 33.5 Å². The molecule has 2 unspecified atom stereocenters. The first-order valence-electron chi connectivity index (χ1n) is 7.87. The van der Waals surface area contributed by atoms with E-state index in [0.717, 1.165) is 13.1 Å². The van der Waals surface area contributed by atoms with Crippen molar-refractivity contribution in [1.29, 1.82) is 0 Å². The number of aromatic nitrogens is 1. The Bertz CT molecular complexity index is 451. The summed E-state index contributed by atoms with van der Waals surface area (Å²) in [7, 11) is 0. The molecule has 1 aliphatic heterocycles. The lowest BCUT2D eigenvalue weighted by atomic mass is 9.91. The van der Waals surface area contributed by atoms with Gasteiger partial charge in [-0.05, 0) is 13.0 Å². The smallest absolute Gasteiger partial charge is 0.107 e. The molecule has 2 heterocycles. The zero-order chi connectivity index (χ0) is 15.5. The van der Waals surface area contributed by atoms with Crippen LogP contribution in [0.3, 0.4) is 0 Å². The number of hydrogen-bond acceptors (Lipinski definition) is 5. The van der Waals surface area contributed by atoms with E-state index in [9.17, 15) is 0 Å². The summed E-state index contributed by atoms with van der Waals surface area (Å²) < 4.78 is 0. The third kappa shape index (κ3) is 4.63. The van der Waals surface area contributed by atoms with Crippen molar-refractivity contribution in [3.05, 3.63) is 15.6 Å². The Morgan fingerprint density at radius 2 is 1.95 bits per heavy atom. The summed E-state index contributed by atoms with van der Waals surface area (Å²) in [6, 6.07) is 0. The van der Waals surface area contributed by atoms with E-state index in [1.54, 1.807) is 0 Å². The average molecular weight is 345 g/mol. The van der Waals surface area contributed by atoms with Gasteiger partial charge < -0.3 is 5.32 Å². The summed E-state index contributed by atoms with van der Waals surface area (Å²) >= 11 is 6.13. The van der Waals surface area contributed by atoms with Crippen molar-refractivity contribution >= 4 is 34.9 Å². The molecule has 1 N–H and O–H groups in total. The molecule has 2 rings (SSSR count). The molecule has 1 fully saturated rings. The monoisotopic (exact) mass is 344 g/mol. The molecule has 1 aliphatic rings. The van der Waals surface area contributed by atoms with Crippen LogP contribution in [0.5, 0.6) is 0 Å². The topological polar surface area (TPSA) is 24.9 Å². The maximum Gasteiger partial charge on any atom is 0.107 e. The molecule has 21 heavy (non-hydrogen) atoms. The predicted molar refractivity (Wildman–Crippen MR) is 99.9 cm³/mol. The maximum atomic E-state index is 5.08. The van der Waals surface area contributed by atoms with Crippen LogP contribution in [0.1, 0.15) is 61.9 Å². The first-order valence-corrected chi connectivity index (χ1v) is 10.8. The first kappa shape index (κ1) is 17.6. The maximum absolute atomic E-state index is 5.08. The van der Waals surface area contributed by atoms with Crippen molar-refractivity contribution < 1.29 is 0 Å². The summed E-state index contributed by atoms with van der Waals surface area (Å²) in [5.74, 6) is 2.54. The minimum Gasteiger partial charge on any atom is -0.312 e. The van der Waals surface area contributed by atoms with Crippen LogP contribution in [0, 0.1) is 0 Å². The van der Waals surface area contributed by atoms with E-state index in [4.69, 9.17) is 4.98 Å². The molecule has 0 radical (unpaired) electrons. The zero-order valence-corrected chi connectivity index (χ0v) is 16.3.